The van der Waals surface area contributed by atoms with Crippen molar-refractivity contribution in [3.8, 4) is 0 Å². The minimum Gasteiger partial charge on any atom is -0.354 e. The summed E-state index contributed by atoms with van der Waals surface area (Å²) >= 11 is 0. The lowest BCUT2D eigenvalue weighted by atomic mass is 10.2. The monoisotopic (exact) mass is 455 g/mol. The molecule has 1 aliphatic rings. The summed E-state index contributed by atoms with van der Waals surface area (Å²) < 4.78 is 45.8. The summed E-state index contributed by atoms with van der Waals surface area (Å²) in [6, 6.07) is 11.9. The van der Waals surface area contributed by atoms with Gasteiger partial charge in [0.2, 0.25) is 15.9 Å². The predicted molar refractivity (Wildman–Crippen MR) is 118 cm³/mol. The van der Waals surface area contributed by atoms with Crippen LogP contribution in [-0.2, 0) is 21.4 Å². The van der Waals surface area contributed by atoms with Crippen molar-refractivity contribution in [1.29, 1.82) is 0 Å². The van der Waals surface area contributed by atoms with E-state index in [0.29, 0.717) is 22.7 Å². The largest absolute Gasteiger partial charge is 0.354 e. The number of hydrogen-bond acceptors (Lipinski definition) is 5. The van der Waals surface area contributed by atoms with E-state index in [-0.39, 0.29) is 29.1 Å². The predicted octanol–water partition coefficient (Wildman–Crippen LogP) is 4.12. The van der Waals surface area contributed by atoms with Gasteiger partial charge >= 0.3 is 0 Å². The fourth-order valence-electron chi connectivity index (χ4n) is 3.02. The third-order valence-corrected chi connectivity index (χ3v) is 6.50. The van der Waals surface area contributed by atoms with E-state index in [2.05, 4.69) is 15.2 Å². The summed E-state index contributed by atoms with van der Waals surface area (Å²) in [5.41, 5.74) is 2.53. The summed E-state index contributed by atoms with van der Waals surface area (Å²) in [6.07, 6.45) is 5.22. The lowest BCUT2D eigenvalue weighted by Crippen LogP contribution is -2.23. The van der Waals surface area contributed by atoms with Crippen molar-refractivity contribution < 1.29 is 22.1 Å². The molecule has 1 heterocycles. The Bertz CT molecular complexity index is 1250. The first kappa shape index (κ1) is 21.9. The van der Waals surface area contributed by atoms with Gasteiger partial charge in [-0.05, 0) is 61.2 Å². The number of amides is 1. The van der Waals surface area contributed by atoms with Gasteiger partial charge in [-0.3, -0.25) is 4.79 Å². The highest BCUT2D eigenvalue weighted by Crippen LogP contribution is 2.32. The van der Waals surface area contributed by atoms with E-state index in [1.807, 2.05) is 0 Å². The molecule has 32 heavy (non-hydrogen) atoms. The van der Waals surface area contributed by atoms with Crippen molar-refractivity contribution in [3.05, 3.63) is 76.9 Å². The zero-order chi connectivity index (χ0) is 22.7. The number of aromatic nitrogens is 1. The second kappa shape index (κ2) is 9.05. The average Bonchev–Trinajstić information content (AvgIpc) is 3.58. The van der Waals surface area contributed by atoms with Crippen LogP contribution in [0.4, 0.5) is 10.1 Å². The van der Waals surface area contributed by atoms with E-state index < -0.39 is 10.0 Å². The molecule has 7 nitrogen and oxygen atoms in total. The third-order valence-electron chi connectivity index (χ3n) is 5.08. The molecule has 0 atom stereocenters. The maximum atomic E-state index is 13.0. The molecule has 1 aromatic heterocycles. The Labute approximate surface area is 185 Å². The number of anilines is 1. The molecule has 0 bridgehead atoms. The first-order valence-corrected chi connectivity index (χ1v) is 11.6. The molecule has 0 aliphatic heterocycles. The summed E-state index contributed by atoms with van der Waals surface area (Å²) in [7, 11) is -3.72. The van der Waals surface area contributed by atoms with Crippen LogP contribution in [-0.4, -0.2) is 19.5 Å². The van der Waals surface area contributed by atoms with Gasteiger partial charge in [0, 0.05) is 12.5 Å². The maximum absolute atomic E-state index is 13.0. The van der Waals surface area contributed by atoms with Crippen LogP contribution in [0.1, 0.15) is 35.4 Å². The number of nitrogens with one attached hydrogen (secondary N) is 2. The molecule has 0 spiro atoms. The highest BCUT2D eigenvalue weighted by molar-refractivity contribution is 7.89. The van der Waals surface area contributed by atoms with Crippen molar-refractivity contribution in [3.63, 3.8) is 0 Å². The van der Waals surface area contributed by atoms with Crippen molar-refractivity contribution in [2.24, 2.45) is 5.92 Å². The lowest BCUT2D eigenvalue weighted by molar-refractivity contribution is -0.117. The molecule has 2 N–H and O–H groups in total. The SMILES string of the molecule is Cc1noc(/C=C\c2ccc(S(=O)(=O)NCc3ccc(F)cc3)cc2)c1NC(=O)C1CC1. The van der Waals surface area contributed by atoms with E-state index in [1.165, 1.54) is 36.4 Å². The normalized spacial score (nSPS) is 14.1. The number of halogens is 1. The summed E-state index contributed by atoms with van der Waals surface area (Å²) in [6.45, 7) is 1.81. The fourth-order valence-corrected chi connectivity index (χ4v) is 4.04. The molecule has 1 fully saturated rings. The van der Waals surface area contributed by atoms with Gasteiger partial charge < -0.3 is 9.84 Å². The standard InChI is InChI=1S/C23H22FN3O4S/c1-15-22(26-23(28)18-7-8-18)21(31-27-15)13-6-16-4-11-20(12-5-16)32(29,30)25-14-17-2-9-19(24)10-3-17/h2-6,9-13,18,25H,7-8,14H2,1H3,(H,26,28)/b13-6-. The van der Waals surface area contributed by atoms with Gasteiger partial charge in [-0.2, -0.15) is 0 Å². The average molecular weight is 456 g/mol. The molecule has 0 unspecified atom stereocenters. The zero-order valence-electron chi connectivity index (χ0n) is 17.3. The molecule has 1 saturated carbocycles. The fraction of sp³-hybridized carbons (Fsp3) is 0.217. The smallest absolute Gasteiger partial charge is 0.240 e. The van der Waals surface area contributed by atoms with E-state index in [9.17, 15) is 17.6 Å². The van der Waals surface area contributed by atoms with Crippen LogP contribution >= 0.6 is 0 Å². The Balaban J connectivity index is 1.42. The number of hydrogen-bond donors (Lipinski definition) is 2. The van der Waals surface area contributed by atoms with Crippen molar-refractivity contribution in [2.75, 3.05) is 5.32 Å². The minimum absolute atomic E-state index is 0.0337. The lowest BCUT2D eigenvalue weighted by Gasteiger charge is -2.07. The van der Waals surface area contributed by atoms with Crippen molar-refractivity contribution in [2.45, 2.75) is 31.2 Å². The van der Waals surface area contributed by atoms with Gasteiger partial charge in [-0.1, -0.05) is 35.5 Å². The zero-order valence-corrected chi connectivity index (χ0v) is 18.2. The van der Waals surface area contributed by atoms with E-state index in [0.717, 1.165) is 18.4 Å². The number of nitrogens with zero attached hydrogens (tertiary/aromatic N) is 1. The Morgan fingerprint density at radius 1 is 1.12 bits per heavy atom. The van der Waals surface area contributed by atoms with E-state index >= 15 is 0 Å². The van der Waals surface area contributed by atoms with Crippen LogP contribution in [0, 0.1) is 18.7 Å². The minimum atomic E-state index is -3.72. The van der Waals surface area contributed by atoms with E-state index in [1.54, 1.807) is 31.2 Å². The van der Waals surface area contributed by atoms with Crippen LogP contribution in [0.3, 0.4) is 0 Å². The van der Waals surface area contributed by atoms with Crippen LogP contribution < -0.4 is 10.0 Å². The maximum Gasteiger partial charge on any atom is 0.240 e. The Morgan fingerprint density at radius 3 is 2.47 bits per heavy atom. The van der Waals surface area contributed by atoms with Gasteiger partial charge in [0.05, 0.1) is 4.90 Å². The van der Waals surface area contributed by atoms with Gasteiger partial charge in [-0.15, -0.1) is 0 Å². The van der Waals surface area contributed by atoms with Crippen LogP contribution in [0.2, 0.25) is 0 Å². The molecule has 1 aliphatic carbocycles. The summed E-state index contributed by atoms with van der Waals surface area (Å²) in [5.74, 6) is 0.0771. The van der Waals surface area contributed by atoms with Crippen LogP contribution in [0.5, 0.6) is 0 Å². The molecule has 9 heteroatoms. The summed E-state index contributed by atoms with van der Waals surface area (Å²) in [5, 5.41) is 6.77. The Morgan fingerprint density at radius 2 is 1.81 bits per heavy atom. The number of sulfonamides is 1. The Hall–Kier alpha value is -3.30. The second-order valence-corrected chi connectivity index (χ2v) is 9.39. The van der Waals surface area contributed by atoms with Gasteiger partial charge in [0.15, 0.2) is 5.76 Å². The Kier molecular flexibility index (Phi) is 6.20. The number of aryl methyl sites for hydroxylation is 1. The van der Waals surface area contributed by atoms with Gasteiger partial charge in [-0.25, -0.2) is 17.5 Å². The molecule has 166 valence electrons. The quantitative estimate of drug-likeness (QED) is 0.532. The molecular weight excluding hydrogens is 433 g/mol. The summed E-state index contributed by atoms with van der Waals surface area (Å²) in [4.78, 5) is 12.2. The van der Waals surface area contributed by atoms with Crippen molar-refractivity contribution >= 4 is 33.8 Å². The first-order valence-electron chi connectivity index (χ1n) is 10.1. The highest BCUT2D eigenvalue weighted by atomic mass is 32.2. The number of benzene rings is 2. The van der Waals surface area contributed by atoms with Gasteiger partial charge in [0.1, 0.15) is 17.2 Å². The van der Waals surface area contributed by atoms with Crippen LogP contribution in [0.15, 0.2) is 57.9 Å². The molecule has 1 amide bonds. The number of rotatable bonds is 8. The van der Waals surface area contributed by atoms with E-state index in [4.69, 9.17) is 4.52 Å². The second-order valence-electron chi connectivity index (χ2n) is 7.62. The molecule has 0 radical (unpaired) electrons. The van der Waals surface area contributed by atoms with Gasteiger partial charge in [0.25, 0.3) is 0 Å². The first-order chi connectivity index (χ1) is 15.3. The highest BCUT2D eigenvalue weighted by Gasteiger charge is 2.30. The molecular formula is C23H22FN3O4S. The number of carbonyl (C=O) groups excluding carboxylic acids is 1. The molecule has 2 aromatic carbocycles. The topological polar surface area (TPSA) is 101 Å². The molecule has 4 rings (SSSR count). The number of carbonyl (C=O) groups is 1. The molecule has 0 saturated heterocycles. The van der Waals surface area contributed by atoms with Crippen LogP contribution in [0.25, 0.3) is 12.2 Å². The third kappa shape index (κ3) is 5.30. The van der Waals surface area contributed by atoms with Crippen molar-refractivity contribution in [1.82, 2.24) is 9.88 Å². The molecule has 3 aromatic rings.